The van der Waals surface area contributed by atoms with Crippen LogP contribution in [-0.2, 0) is 21.2 Å². The predicted octanol–water partition coefficient (Wildman–Crippen LogP) is 3.52. The molecule has 31 heavy (non-hydrogen) atoms. The summed E-state index contributed by atoms with van der Waals surface area (Å²) < 4.78 is 28.5. The molecule has 0 unspecified atom stereocenters. The fraction of sp³-hybridized carbons (Fsp3) is 0.708. The standard InChI is InChI=1S/C24H37N3O3S/c28-24(20-8-3-4-9-20)26-23-13-11-19-10-12-21(18-22(19)23)31(29,30)25-14-7-17-27-15-5-1-2-6-16-27/h10,12,18,20,23,25H,1-9,11,13-17H2,(H,26,28)/t23-/m1/s1. The van der Waals surface area contributed by atoms with E-state index in [1.807, 2.05) is 6.07 Å². The highest BCUT2D eigenvalue weighted by Crippen LogP contribution is 2.34. The van der Waals surface area contributed by atoms with E-state index >= 15 is 0 Å². The monoisotopic (exact) mass is 447 g/mol. The van der Waals surface area contributed by atoms with E-state index in [1.54, 1.807) is 12.1 Å². The van der Waals surface area contributed by atoms with Crippen LogP contribution in [0.3, 0.4) is 0 Å². The Kier molecular flexibility index (Phi) is 7.67. The van der Waals surface area contributed by atoms with Crippen molar-refractivity contribution >= 4 is 15.9 Å². The van der Waals surface area contributed by atoms with Gasteiger partial charge in [-0.25, -0.2) is 13.1 Å². The first-order valence-electron chi connectivity index (χ1n) is 12.2. The van der Waals surface area contributed by atoms with Crippen LogP contribution in [0.4, 0.5) is 0 Å². The van der Waals surface area contributed by atoms with Crippen molar-refractivity contribution in [2.24, 2.45) is 5.92 Å². The molecule has 0 bridgehead atoms. The maximum absolute atomic E-state index is 12.9. The molecular formula is C24H37N3O3S. The van der Waals surface area contributed by atoms with Gasteiger partial charge >= 0.3 is 0 Å². The third-order valence-corrected chi connectivity index (χ3v) is 8.65. The van der Waals surface area contributed by atoms with Crippen molar-refractivity contribution in [3.05, 3.63) is 29.3 Å². The Bertz CT molecular complexity index is 857. The highest BCUT2D eigenvalue weighted by molar-refractivity contribution is 7.89. The lowest BCUT2D eigenvalue weighted by atomic mass is 10.0. The smallest absolute Gasteiger partial charge is 0.240 e. The lowest BCUT2D eigenvalue weighted by Gasteiger charge is -2.19. The Labute approximate surface area is 187 Å². The molecule has 1 saturated carbocycles. The molecule has 2 aliphatic carbocycles. The summed E-state index contributed by atoms with van der Waals surface area (Å²) in [5.74, 6) is 0.261. The minimum atomic E-state index is -3.54. The van der Waals surface area contributed by atoms with Gasteiger partial charge in [0.2, 0.25) is 15.9 Å². The van der Waals surface area contributed by atoms with Gasteiger partial charge in [0.25, 0.3) is 0 Å². The summed E-state index contributed by atoms with van der Waals surface area (Å²) >= 11 is 0. The Morgan fingerprint density at radius 1 is 1.00 bits per heavy atom. The second kappa shape index (κ2) is 10.5. The number of nitrogens with one attached hydrogen (secondary N) is 2. The first-order chi connectivity index (χ1) is 15.0. The molecule has 1 aliphatic heterocycles. The molecule has 172 valence electrons. The molecule has 1 saturated heterocycles. The number of benzene rings is 1. The van der Waals surface area contributed by atoms with Gasteiger partial charge < -0.3 is 10.2 Å². The second-order valence-electron chi connectivity index (χ2n) is 9.45. The van der Waals surface area contributed by atoms with Crippen LogP contribution in [-0.4, -0.2) is 45.4 Å². The molecule has 1 aromatic carbocycles. The molecule has 0 spiro atoms. The Balaban J connectivity index is 1.33. The van der Waals surface area contributed by atoms with E-state index in [0.29, 0.717) is 11.4 Å². The van der Waals surface area contributed by atoms with E-state index in [0.717, 1.165) is 75.7 Å². The van der Waals surface area contributed by atoms with Crippen molar-refractivity contribution in [2.75, 3.05) is 26.2 Å². The van der Waals surface area contributed by atoms with Gasteiger partial charge in [-0.05, 0) is 87.8 Å². The molecule has 1 amide bonds. The van der Waals surface area contributed by atoms with Crippen LogP contribution in [0, 0.1) is 5.92 Å². The van der Waals surface area contributed by atoms with Crippen molar-refractivity contribution in [2.45, 2.75) is 81.6 Å². The molecule has 2 fully saturated rings. The zero-order valence-electron chi connectivity index (χ0n) is 18.6. The quantitative estimate of drug-likeness (QED) is 0.598. The summed E-state index contributed by atoms with van der Waals surface area (Å²) in [6.07, 6.45) is 11.9. The van der Waals surface area contributed by atoms with Gasteiger partial charge in [0.05, 0.1) is 10.9 Å². The van der Waals surface area contributed by atoms with Crippen LogP contribution < -0.4 is 10.0 Å². The first kappa shape index (κ1) is 22.7. The van der Waals surface area contributed by atoms with Gasteiger partial charge in [-0.1, -0.05) is 31.7 Å². The van der Waals surface area contributed by atoms with Gasteiger partial charge in [0.1, 0.15) is 0 Å². The highest BCUT2D eigenvalue weighted by atomic mass is 32.2. The number of amides is 1. The van der Waals surface area contributed by atoms with Crippen LogP contribution in [0.15, 0.2) is 23.1 Å². The second-order valence-corrected chi connectivity index (χ2v) is 11.2. The fourth-order valence-corrected chi connectivity index (χ4v) is 6.44. The van der Waals surface area contributed by atoms with Gasteiger partial charge in [-0.3, -0.25) is 4.79 Å². The Hall–Kier alpha value is -1.44. The minimum absolute atomic E-state index is 0.0683. The normalized spacial score (nSPS) is 22.9. The van der Waals surface area contributed by atoms with E-state index in [1.165, 1.54) is 25.7 Å². The maximum atomic E-state index is 12.9. The number of sulfonamides is 1. The van der Waals surface area contributed by atoms with E-state index in [4.69, 9.17) is 0 Å². The van der Waals surface area contributed by atoms with Crippen molar-refractivity contribution in [1.29, 1.82) is 0 Å². The lowest BCUT2D eigenvalue weighted by Crippen LogP contribution is -2.32. The number of fused-ring (bicyclic) bond motifs is 1. The topological polar surface area (TPSA) is 78.5 Å². The van der Waals surface area contributed by atoms with Crippen molar-refractivity contribution < 1.29 is 13.2 Å². The summed E-state index contributed by atoms with van der Waals surface area (Å²) in [6.45, 7) is 3.66. The largest absolute Gasteiger partial charge is 0.349 e. The number of hydrogen-bond acceptors (Lipinski definition) is 4. The number of carbonyl (C=O) groups is 1. The molecular weight excluding hydrogens is 410 g/mol. The van der Waals surface area contributed by atoms with Crippen molar-refractivity contribution in [1.82, 2.24) is 14.9 Å². The molecule has 1 aromatic rings. The number of rotatable bonds is 8. The van der Waals surface area contributed by atoms with Crippen LogP contribution in [0.5, 0.6) is 0 Å². The predicted molar refractivity (Wildman–Crippen MR) is 122 cm³/mol. The molecule has 1 atom stereocenters. The van der Waals surface area contributed by atoms with E-state index in [9.17, 15) is 13.2 Å². The maximum Gasteiger partial charge on any atom is 0.240 e. The molecule has 1 heterocycles. The molecule has 2 N–H and O–H groups in total. The average Bonchev–Trinajstić information content (AvgIpc) is 3.36. The van der Waals surface area contributed by atoms with Gasteiger partial charge in [-0.15, -0.1) is 0 Å². The summed E-state index contributed by atoms with van der Waals surface area (Å²) in [7, 11) is -3.54. The summed E-state index contributed by atoms with van der Waals surface area (Å²) in [5, 5.41) is 3.19. The third-order valence-electron chi connectivity index (χ3n) is 7.19. The van der Waals surface area contributed by atoms with E-state index in [-0.39, 0.29) is 17.9 Å². The van der Waals surface area contributed by atoms with E-state index < -0.39 is 10.0 Å². The van der Waals surface area contributed by atoms with Crippen molar-refractivity contribution in [3.63, 3.8) is 0 Å². The Morgan fingerprint density at radius 2 is 1.74 bits per heavy atom. The molecule has 0 aromatic heterocycles. The van der Waals surface area contributed by atoms with Crippen LogP contribution in [0.1, 0.15) is 81.4 Å². The molecule has 7 heteroatoms. The summed E-state index contributed by atoms with van der Waals surface area (Å²) in [5.41, 5.74) is 2.12. The Morgan fingerprint density at radius 3 is 2.48 bits per heavy atom. The van der Waals surface area contributed by atoms with Crippen LogP contribution >= 0.6 is 0 Å². The zero-order valence-corrected chi connectivity index (χ0v) is 19.4. The number of nitrogens with zero attached hydrogens (tertiary/aromatic N) is 1. The SMILES string of the molecule is O=C(N[C@@H]1CCc2ccc(S(=O)(=O)NCCCN3CCCCCC3)cc21)C1CCCC1. The number of carbonyl (C=O) groups excluding carboxylic acids is 1. The minimum Gasteiger partial charge on any atom is -0.349 e. The van der Waals surface area contributed by atoms with Gasteiger partial charge in [-0.2, -0.15) is 0 Å². The third kappa shape index (κ3) is 5.88. The zero-order chi connectivity index (χ0) is 21.7. The lowest BCUT2D eigenvalue weighted by molar-refractivity contribution is -0.125. The van der Waals surface area contributed by atoms with E-state index in [2.05, 4.69) is 14.9 Å². The molecule has 3 aliphatic rings. The van der Waals surface area contributed by atoms with Crippen LogP contribution in [0.25, 0.3) is 0 Å². The van der Waals surface area contributed by atoms with Gasteiger partial charge in [0.15, 0.2) is 0 Å². The number of hydrogen-bond donors (Lipinski definition) is 2. The van der Waals surface area contributed by atoms with Gasteiger partial charge in [0, 0.05) is 12.5 Å². The summed E-state index contributed by atoms with van der Waals surface area (Å²) in [4.78, 5) is 15.3. The average molecular weight is 448 g/mol. The highest BCUT2D eigenvalue weighted by Gasteiger charge is 2.29. The number of aryl methyl sites for hydroxylation is 1. The van der Waals surface area contributed by atoms with Crippen LogP contribution in [0.2, 0.25) is 0 Å². The molecule has 6 nitrogen and oxygen atoms in total. The molecule has 4 rings (SSSR count). The first-order valence-corrected chi connectivity index (χ1v) is 13.7. The van der Waals surface area contributed by atoms with Crippen molar-refractivity contribution in [3.8, 4) is 0 Å². The molecule has 0 radical (unpaired) electrons. The number of likely N-dealkylation sites (tertiary alicyclic amines) is 1. The summed E-state index contributed by atoms with van der Waals surface area (Å²) in [6, 6.07) is 5.33. The fourth-order valence-electron chi connectivity index (χ4n) is 5.33.